The average molecular weight is 442 g/mol. The standard InChI is InChI=1S/C17H30O13/c1-6-7(19)3-17(16(26)27-2,30-14(6)10(21)8(20)4-18)28-5-9-11(22)12(23)13(24)15(25)29-9/h6-15,18-25H,3-5H2,1-2H3/t6-,7-,8-,9?,10-,11-,12+,13?,14?,15-,17-/m1/s1. The Kier molecular flexibility index (Phi) is 8.51. The number of hydrogen-bond acceptors (Lipinski definition) is 13. The predicted molar refractivity (Wildman–Crippen MR) is 93.4 cm³/mol. The van der Waals surface area contributed by atoms with E-state index < -0.39 is 92.4 Å². The van der Waals surface area contributed by atoms with Crippen molar-refractivity contribution in [3.05, 3.63) is 0 Å². The van der Waals surface area contributed by atoms with E-state index in [2.05, 4.69) is 4.74 Å². The zero-order valence-corrected chi connectivity index (χ0v) is 16.5. The number of carbonyl (C=O) groups is 1. The lowest BCUT2D eigenvalue weighted by Gasteiger charge is -2.46. The zero-order valence-electron chi connectivity index (χ0n) is 16.5. The van der Waals surface area contributed by atoms with E-state index >= 15 is 0 Å². The highest BCUT2D eigenvalue weighted by Gasteiger charge is 2.55. The largest absolute Gasteiger partial charge is 0.465 e. The number of aliphatic hydroxyl groups excluding tert-OH is 8. The van der Waals surface area contributed by atoms with Crippen molar-refractivity contribution in [1.29, 1.82) is 0 Å². The van der Waals surface area contributed by atoms with Gasteiger partial charge in [-0.25, -0.2) is 4.79 Å². The van der Waals surface area contributed by atoms with Gasteiger partial charge in [-0.1, -0.05) is 6.92 Å². The van der Waals surface area contributed by atoms with Gasteiger partial charge in [0.05, 0.1) is 32.5 Å². The second kappa shape index (κ2) is 10.1. The van der Waals surface area contributed by atoms with Gasteiger partial charge in [-0.2, -0.15) is 0 Å². The summed E-state index contributed by atoms with van der Waals surface area (Å²) >= 11 is 0. The minimum Gasteiger partial charge on any atom is -0.465 e. The van der Waals surface area contributed by atoms with Crippen LogP contribution in [0, 0.1) is 5.92 Å². The van der Waals surface area contributed by atoms with Crippen LogP contribution in [0.4, 0.5) is 0 Å². The molecule has 0 aliphatic carbocycles. The first-order chi connectivity index (χ1) is 14.0. The normalized spacial score (nSPS) is 44.3. The van der Waals surface area contributed by atoms with Crippen LogP contribution in [0.15, 0.2) is 0 Å². The molecule has 13 heteroatoms. The Morgan fingerprint density at radius 3 is 2.33 bits per heavy atom. The van der Waals surface area contributed by atoms with Crippen molar-refractivity contribution >= 4 is 5.97 Å². The van der Waals surface area contributed by atoms with Gasteiger partial charge in [0.15, 0.2) is 6.29 Å². The molecule has 0 amide bonds. The highest BCUT2D eigenvalue weighted by atomic mass is 16.7. The molecule has 2 rings (SSSR count). The third-order valence-corrected chi connectivity index (χ3v) is 5.51. The van der Waals surface area contributed by atoms with Crippen LogP contribution >= 0.6 is 0 Å². The molecular formula is C17H30O13. The van der Waals surface area contributed by atoms with Crippen LogP contribution in [0.2, 0.25) is 0 Å². The summed E-state index contributed by atoms with van der Waals surface area (Å²) in [6.45, 7) is 0.0334. The van der Waals surface area contributed by atoms with Gasteiger partial charge < -0.3 is 59.8 Å². The Morgan fingerprint density at radius 2 is 1.77 bits per heavy atom. The molecule has 30 heavy (non-hydrogen) atoms. The molecule has 0 radical (unpaired) electrons. The highest BCUT2D eigenvalue weighted by Crippen LogP contribution is 2.37. The van der Waals surface area contributed by atoms with E-state index in [0.717, 1.165) is 7.11 Å². The summed E-state index contributed by atoms with van der Waals surface area (Å²) in [5.41, 5.74) is 0. The SMILES string of the molecule is COC(=O)[C@@]1(OCC2O[C@@H](O)C(O)[C@@H](O)[C@@H]2O)C[C@@H](O)[C@@H](C)C([C@H](O)[C@H](O)CO)O1. The second-order valence-corrected chi connectivity index (χ2v) is 7.55. The van der Waals surface area contributed by atoms with Gasteiger partial charge in [-0.05, 0) is 0 Å². The van der Waals surface area contributed by atoms with E-state index in [1.165, 1.54) is 6.92 Å². The molecule has 0 aromatic rings. The van der Waals surface area contributed by atoms with Crippen LogP contribution < -0.4 is 0 Å². The van der Waals surface area contributed by atoms with Crippen molar-refractivity contribution < 1.29 is 64.6 Å². The zero-order chi connectivity index (χ0) is 22.8. The highest BCUT2D eigenvalue weighted by molar-refractivity contribution is 5.78. The summed E-state index contributed by atoms with van der Waals surface area (Å²) in [4.78, 5) is 12.5. The molecule has 11 atom stereocenters. The molecule has 8 N–H and O–H groups in total. The lowest BCUT2D eigenvalue weighted by atomic mass is 9.84. The van der Waals surface area contributed by atoms with E-state index in [0.29, 0.717) is 0 Å². The topological polar surface area (TPSA) is 216 Å². The third-order valence-electron chi connectivity index (χ3n) is 5.51. The van der Waals surface area contributed by atoms with Crippen molar-refractivity contribution in [3.63, 3.8) is 0 Å². The van der Waals surface area contributed by atoms with Crippen LogP contribution in [0.1, 0.15) is 13.3 Å². The first kappa shape index (κ1) is 25.3. The Hall–Kier alpha value is -0.970. The molecule has 3 unspecified atom stereocenters. The minimum absolute atomic E-state index is 0.449. The molecule has 176 valence electrons. The maximum Gasteiger partial charge on any atom is 0.366 e. The van der Waals surface area contributed by atoms with Crippen LogP contribution in [0.3, 0.4) is 0 Å². The van der Waals surface area contributed by atoms with Crippen molar-refractivity contribution in [2.75, 3.05) is 20.3 Å². The molecule has 0 spiro atoms. The summed E-state index contributed by atoms with van der Waals surface area (Å²) in [7, 11) is 1.02. The van der Waals surface area contributed by atoms with Gasteiger partial charge in [0, 0.05) is 12.3 Å². The fourth-order valence-electron chi connectivity index (χ4n) is 3.49. The van der Waals surface area contributed by atoms with E-state index in [1.807, 2.05) is 0 Å². The molecular weight excluding hydrogens is 412 g/mol. The van der Waals surface area contributed by atoms with Crippen LogP contribution in [-0.4, -0.2) is 128 Å². The number of rotatable bonds is 7. The van der Waals surface area contributed by atoms with E-state index in [9.17, 15) is 40.5 Å². The lowest BCUT2D eigenvalue weighted by Crippen LogP contribution is -2.63. The Balaban J connectivity index is 2.23. The van der Waals surface area contributed by atoms with E-state index in [1.54, 1.807) is 0 Å². The number of ether oxygens (including phenoxy) is 4. The van der Waals surface area contributed by atoms with Gasteiger partial charge >= 0.3 is 5.97 Å². The Morgan fingerprint density at radius 1 is 1.13 bits per heavy atom. The van der Waals surface area contributed by atoms with Gasteiger partial charge in [-0.3, -0.25) is 0 Å². The number of aliphatic hydroxyl groups is 8. The van der Waals surface area contributed by atoms with Gasteiger partial charge in [0.25, 0.3) is 5.79 Å². The number of hydrogen-bond donors (Lipinski definition) is 8. The third kappa shape index (κ3) is 4.92. The first-order valence-corrected chi connectivity index (χ1v) is 9.42. The van der Waals surface area contributed by atoms with Gasteiger partial charge in [0.1, 0.15) is 36.6 Å². The summed E-state index contributed by atoms with van der Waals surface area (Å²) in [6.07, 6.45) is -14.8. The van der Waals surface area contributed by atoms with E-state index in [4.69, 9.17) is 19.3 Å². The molecule has 2 heterocycles. The maximum atomic E-state index is 12.5. The van der Waals surface area contributed by atoms with Crippen LogP contribution in [0.25, 0.3) is 0 Å². The van der Waals surface area contributed by atoms with Crippen LogP contribution in [0.5, 0.6) is 0 Å². The van der Waals surface area contributed by atoms with Crippen molar-refractivity contribution in [1.82, 2.24) is 0 Å². The number of methoxy groups -OCH3 is 1. The molecule has 2 fully saturated rings. The quantitative estimate of drug-likeness (QED) is 0.174. The summed E-state index contributed by atoms with van der Waals surface area (Å²) in [5, 5.41) is 78.5. The summed E-state index contributed by atoms with van der Waals surface area (Å²) < 4.78 is 20.8. The smallest absolute Gasteiger partial charge is 0.366 e. The molecule has 2 aliphatic heterocycles. The number of esters is 1. The Labute approximate surface area is 172 Å². The molecule has 0 bridgehead atoms. The number of carbonyl (C=O) groups excluding carboxylic acids is 1. The molecule has 0 aromatic heterocycles. The molecule has 0 saturated carbocycles. The van der Waals surface area contributed by atoms with Crippen molar-refractivity contribution in [2.24, 2.45) is 5.92 Å². The predicted octanol–water partition coefficient (Wildman–Crippen LogP) is -4.83. The maximum absolute atomic E-state index is 12.5. The lowest BCUT2D eigenvalue weighted by molar-refractivity contribution is -0.339. The average Bonchev–Trinajstić information content (AvgIpc) is 2.74. The molecule has 2 aliphatic rings. The van der Waals surface area contributed by atoms with Crippen molar-refractivity contribution in [3.8, 4) is 0 Å². The fraction of sp³-hybridized carbons (Fsp3) is 0.941. The first-order valence-electron chi connectivity index (χ1n) is 9.42. The monoisotopic (exact) mass is 442 g/mol. The fourth-order valence-corrected chi connectivity index (χ4v) is 3.49. The van der Waals surface area contributed by atoms with Gasteiger partial charge in [-0.15, -0.1) is 0 Å². The summed E-state index contributed by atoms with van der Waals surface area (Å²) in [6, 6.07) is 0. The molecule has 0 aromatic carbocycles. The summed E-state index contributed by atoms with van der Waals surface area (Å²) in [5.74, 6) is -4.18. The van der Waals surface area contributed by atoms with E-state index in [-0.39, 0.29) is 0 Å². The van der Waals surface area contributed by atoms with Crippen LogP contribution in [-0.2, 0) is 23.7 Å². The van der Waals surface area contributed by atoms with Gasteiger partial charge in [0.2, 0.25) is 0 Å². The molecule has 2 saturated heterocycles. The molecule has 13 nitrogen and oxygen atoms in total. The minimum atomic E-state index is -2.30. The second-order valence-electron chi connectivity index (χ2n) is 7.55. The Bertz CT molecular complexity index is 576. The van der Waals surface area contributed by atoms with Crippen molar-refractivity contribution in [2.45, 2.75) is 74.3 Å².